The lowest BCUT2D eigenvalue weighted by Gasteiger charge is -2.31. The van der Waals surface area contributed by atoms with Crippen LogP contribution in [-0.4, -0.2) is 22.4 Å². The van der Waals surface area contributed by atoms with Crippen molar-refractivity contribution in [2.24, 2.45) is 5.92 Å². The van der Waals surface area contributed by atoms with E-state index in [2.05, 4.69) is 21.2 Å². The number of hydrogen-bond acceptors (Lipinski definition) is 2. The minimum Gasteiger partial charge on any atom is -0.507 e. The van der Waals surface area contributed by atoms with Gasteiger partial charge in [-0.1, -0.05) is 34.8 Å². The fraction of sp³-hybridized carbons (Fsp3) is 0.533. The van der Waals surface area contributed by atoms with Gasteiger partial charge >= 0.3 is 0 Å². The SMILES string of the molecule is Cc1ccc(C(=O)NC2CCCCC2CBr)c(O)c1. The number of carbonyl (C=O) groups is 1. The van der Waals surface area contributed by atoms with Crippen LogP contribution >= 0.6 is 15.9 Å². The Morgan fingerprint density at radius 3 is 2.84 bits per heavy atom. The van der Waals surface area contributed by atoms with Crippen LogP contribution in [0.3, 0.4) is 0 Å². The molecule has 2 rings (SSSR count). The lowest BCUT2D eigenvalue weighted by atomic mass is 9.85. The van der Waals surface area contributed by atoms with E-state index in [1.54, 1.807) is 12.1 Å². The number of nitrogens with one attached hydrogen (secondary N) is 1. The van der Waals surface area contributed by atoms with Gasteiger partial charge < -0.3 is 10.4 Å². The number of rotatable bonds is 3. The molecular formula is C15H20BrNO2. The third-order valence-corrected chi connectivity index (χ3v) is 4.65. The summed E-state index contributed by atoms with van der Waals surface area (Å²) in [5, 5.41) is 13.8. The number of alkyl halides is 1. The number of benzene rings is 1. The fourth-order valence-electron chi connectivity index (χ4n) is 2.66. The monoisotopic (exact) mass is 325 g/mol. The Morgan fingerprint density at radius 1 is 1.42 bits per heavy atom. The topological polar surface area (TPSA) is 49.3 Å². The second-order valence-corrected chi connectivity index (χ2v) is 5.95. The van der Waals surface area contributed by atoms with E-state index in [1.807, 2.05) is 13.0 Å². The van der Waals surface area contributed by atoms with Crippen LogP contribution in [-0.2, 0) is 0 Å². The molecule has 1 aliphatic rings. The summed E-state index contributed by atoms with van der Waals surface area (Å²) in [6.07, 6.45) is 4.57. The molecule has 0 radical (unpaired) electrons. The molecule has 0 aliphatic heterocycles. The summed E-state index contributed by atoms with van der Waals surface area (Å²) in [6.45, 7) is 1.89. The van der Waals surface area contributed by atoms with Crippen molar-refractivity contribution in [3.63, 3.8) is 0 Å². The van der Waals surface area contributed by atoms with Gasteiger partial charge in [0.05, 0.1) is 5.56 Å². The number of phenols is 1. The standard InChI is InChI=1S/C15H20BrNO2/c1-10-6-7-12(14(18)8-10)15(19)17-13-5-3-2-4-11(13)9-16/h6-8,11,13,18H,2-5,9H2,1H3,(H,17,19). The maximum atomic E-state index is 12.2. The number of halogens is 1. The van der Waals surface area contributed by atoms with Crippen LogP contribution in [0.2, 0.25) is 0 Å². The number of aromatic hydroxyl groups is 1. The van der Waals surface area contributed by atoms with Crippen LogP contribution in [0.15, 0.2) is 18.2 Å². The molecule has 3 nitrogen and oxygen atoms in total. The van der Waals surface area contributed by atoms with Crippen LogP contribution in [0.5, 0.6) is 5.75 Å². The van der Waals surface area contributed by atoms with Gasteiger partial charge in [0.2, 0.25) is 0 Å². The highest BCUT2D eigenvalue weighted by Gasteiger charge is 2.26. The van der Waals surface area contributed by atoms with Crippen LogP contribution in [0.1, 0.15) is 41.6 Å². The molecular weight excluding hydrogens is 306 g/mol. The van der Waals surface area contributed by atoms with Crippen molar-refractivity contribution in [3.05, 3.63) is 29.3 Å². The van der Waals surface area contributed by atoms with Crippen molar-refractivity contribution in [1.29, 1.82) is 0 Å². The quantitative estimate of drug-likeness (QED) is 0.837. The molecule has 0 heterocycles. The van der Waals surface area contributed by atoms with Crippen molar-refractivity contribution in [3.8, 4) is 5.75 Å². The van der Waals surface area contributed by atoms with Gasteiger partial charge in [-0.2, -0.15) is 0 Å². The summed E-state index contributed by atoms with van der Waals surface area (Å²) in [4.78, 5) is 12.2. The Labute approximate surface area is 122 Å². The van der Waals surface area contributed by atoms with Crippen molar-refractivity contribution in [1.82, 2.24) is 5.32 Å². The highest BCUT2D eigenvalue weighted by molar-refractivity contribution is 9.09. The van der Waals surface area contributed by atoms with Gasteiger partial charge in [-0.05, 0) is 43.4 Å². The van der Waals surface area contributed by atoms with Crippen molar-refractivity contribution in [2.45, 2.75) is 38.6 Å². The molecule has 1 aromatic rings. The molecule has 1 saturated carbocycles. The van der Waals surface area contributed by atoms with Gasteiger partial charge in [0.25, 0.3) is 5.91 Å². The number of hydrogen-bond donors (Lipinski definition) is 2. The third-order valence-electron chi connectivity index (χ3n) is 3.82. The molecule has 0 bridgehead atoms. The van der Waals surface area contributed by atoms with E-state index in [9.17, 15) is 9.90 Å². The predicted octanol–water partition coefficient (Wildman–Crippen LogP) is 3.38. The zero-order valence-electron chi connectivity index (χ0n) is 11.2. The van der Waals surface area contributed by atoms with E-state index >= 15 is 0 Å². The van der Waals surface area contributed by atoms with Crippen LogP contribution < -0.4 is 5.32 Å². The minimum atomic E-state index is -0.171. The number of phenolic OH excluding ortho intramolecular Hbond substituents is 1. The second kappa shape index (κ2) is 6.42. The Bertz CT molecular complexity index is 461. The number of amides is 1. The van der Waals surface area contributed by atoms with Gasteiger partial charge in [-0.25, -0.2) is 0 Å². The molecule has 1 aromatic carbocycles. The summed E-state index contributed by atoms with van der Waals surface area (Å²) >= 11 is 3.52. The van der Waals surface area contributed by atoms with Crippen molar-refractivity contribution < 1.29 is 9.90 Å². The Balaban J connectivity index is 2.07. The third kappa shape index (κ3) is 3.50. The molecule has 2 N–H and O–H groups in total. The van der Waals surface area contributed by atoms with E-state index in [1.165, 1.54) is 6.42 Å². The predicted molar refractivity (Wildman–Crippen MR) is 79.9 cm³/mol. The molecule has 1 amide bonds. The molecule has 1 aliphatic carbocycles. The molecule has 0 spiro atoms. The smallest absolute Gasteiger partial charge is 0.255 e. The maximum Gasteiger partial charge on any atom is 0.255 e. The molecule has 2 unspecified atom stereocenters. The zero-order chi connectivity index (χ0) is 13.8. The van der Waals surface area contributed by atoms with E-state index in [0.717, 1.165) is 30.2 Å². The average molecular weight is 326 g/mol. The first-order chi connectivity index (χ1) is 9.11. The van der Waals surface area contributed by atoms with E-state index in [0.29, 0.717) is 11.5 Å². The Morgan fingerprint density at radius 2 is 2.16 bits per heavy atom. The summed E-state index contributed by atoms with van der Waals surface area (Å²) in [7, 11) is 0. The van der Waals surface area contributed by atoms with Crippen molar-refractivity contribution >= 4 is 21.8 Å². The minimum absolute atomic E-state index is 0.0590. The molecule has 1 fully saturated rings. The van der Waals surface area contributed by atoms with Crippen LogP contribution in [0.25, 0.3) is 0 Å². The molecule has 0 saturated heterocycles. The summed E-state index contributed by atoms with van der Waals surface area (Å²) in [5.41, 5.74) is 1.31. The highest BCUT2D eigenvalue weighted by atomic mass is 79.9. The Hall–Kier alpha value is -1.03. The van der Waals surface area contributed by atoms with Crippen molar-refractivity contribution in [2.75, 3.05) is 5.33 Å². The van der Waals surface area contributed by atoms with Crippen LogP contribution in [0.4, 0.5) is 0 Å². The summed E-state index contributed by atoms with van der Waals surface area (Å²) < 4.78 is 0. The van der Waals surface area contributed by atoms with E-state index in [-0.39, 0.29) is 17.7 Å². The lowest BCUT2D eigenvalue weighted by Crippen LogP contribution is -2.42. The van der Waals surface area contributed by atoms with Gasteiger partial charge in [0, 0.05) is 11.4 Å². The zero-order valence-corrected chi connectivity index (χ0v) is 12.7. The number of aryl methyl sites for hydroxylation is 1. The molecule has 4 heteroatoms. The van der Waals surface area contributed by atoms with Gasteiger partial charge in [-0.15, -0.1) is 0 Å². The number of carbonyl (C=O) groups excluding carboxylic acids is 1. The van der Waals surface area contributed by atoms with E-state index in [4.69, 9.17) is 0 Å². The first-order valence-electron chi connectivity index (χ1n) is 6.78. The summed E-state index contributed by atoms with van der Waals surface area (Å²) in [5.74, 6) is 0.379. The van der Waals surface area contributed by atoms with Crippen LogP contribution in [0, 0.1) is 12.8 Å². The molecule has 0 aromatic heterocycles. The van der Waals surface area contributed by atoms with Gasteiger partial charge in [-0.3, -0.25) is 4.79 Å². The summed E-state index contributed by atoms with van der Waals surface area (Å²) in [6, 6.07) is 5.36. The Kier molecular flexibility index (Phi) is 4.86. The first-order valence-corrected chi connectivity index (χ1v) is 7.90. The molecule has 2 atom stereocenters. The van der Waals surface area contributed by atoms with E-state index < -0.39 is 0 Å². The van der Waals surface area contributed by atoms with Gasteiger partial charge in [0.15, 0.2) is 0 Å². The first kappa shape index (κ1) is 14.4. The highest BCUT2D eigenvalue weighted by Crippen LogP contribution is 2.27. The fourth-order valence-corrected chi connectivity index (χ4v) is 3.44. The molecule has 104 valence electrons. The normalized spacial score (nSPS) is 23.1. The average Bonchev–Trinajstić information content (AvgIpc) is 2.39. The van der Waals surface area contributed by atoms with Gasteiger partial charge in [0.1, 0.15) is 5.75 Å². The molecule has 19 heavy (non-hydrogen) atoms. The maximum absolute atomic E-state index is 12.2. The second-order valence-electron chi connectivity index (χ2n) is 5.30. The lowest BCUT2D eigenvalue weighted by molar-refractivity contribution is 0.0909. The largest absolute Gasteiger partial charge is 0.507 e.